The fourth-order valence-electron chi connectivity index (χ4n) is 1.55. The largest absolute Gasteiger partial charge is 0.320 e. The van der Waals surface area contributed by atoms with Gasteiger partial charge in [0.05, 0.1) is 17.6 Å². The molecule has 0 fully saturated rings. The van der Waals surface area contributed by atoms with E-state index in [9.17, 15) is 4.79 Å². The number of hydrogen-bond acceptors (Lipinski definition) is 5. The van der Waals surface area contributed by atoms with Crippen molar-refractivity contribution in [2.75, 3.05) is 5.32 Å². The van der Waals surface area contributed by atoms with Crippen LogP contribution in [0.15, 0.2) is 12.3 Å². The van der Waals surface area contributed by atoms with E-state index in [0.29, 0.717) is 21.4 Å². The summed E-state index contributed by atoms with van der Waals surface area (Å²) in [4.78, 5) is 16.7. The molecule has 0 spiro atoms. The summed E-state index contributed by atoms with van der Waals surface area (Å²) in [7, 11) is 0. The highest BCUT2D eigenvalue weighted by atomic mass is 35.5. The lowest BCUT2D eigenvalue weighted by molar-refractivity contribution is 0.102. The quantitative estimate of drug-likeness (QED) is 0.883. The maximum absolute atomic E-state index is 12.2. The number of halogens is 1. The SMILES string of the molecule is Cc1cc(NC(=O)c2snnc2C(C)C)cnc1Cl. The second-order valence-electron chi connectivity index (χ2n) is 4.43. The molecule has 0 aliphatic heterocycles. The third-order valence-corrected chi connectivity index (χ3v) is 3.67. The summed E-state index contributed by atoms with van der Waals surface area (Å²) < 4.78 is 3.83. The van der Waals surface area contributed by atoms with Gasteiger partial charge in [0.1, 0.15) is 10.0 Å². The first kappa shape index (κ1) is 13.9. The zero-order valence-corrected chi connectivity index (χ0v) is 12.3. The Bertz CT molecular complexity index is 612. The van der Waals surface area contributed by atoms with Crippen LogP contribution in [0.25, 0.3) is 0 Å². The van der Waals surface area contributed by atoms with Gasteiger partial charge in [0.25, 0.3) is 5.91 Å². The molecule has 0 radical (unpaired) electrons. The van der Waals surface area contributed by atoms with Crippen LogP contribution >= 0.6 is 23.1 Å². The summed E-state index contributed by atoms with van der Waals surface area (Å²) in [5.74, 6) is -0.0631. The van der Waals surface area contributed by atoms with E-state index in [-0.39, 0.29) is 11.8 Å². The minimum atomic E-state index is -0.220. The van der Waals surface area contributed by atoms with Gasteiger partial charge in [-0.25, -0.2) is 4.98 Å². The Balaban J connectivity index is 2.21. The third-order valence-electron chi connectivity index (χ3n) is 2.54. The fraction of sp³-hybridized carbons (Fsp3) is 0.333. The van der Waals surface area contributed by atoms with E-state index >= 15 is 0 Å². The highest BCUT2D eigenvalue weighted by molar-refractivity contribution is 7.08. The number of carbonyl (C=O) groups is 1. The van der Waals surface area contributed by atoms with Crippen molar-refractivity contribution in [3.63, 3.8) is 0 Å². The molecule has 100 valence electrons. The number of aryl methyl sites for hydroxylation is 1. The molecule has 2 heterocycles. The molecular weight excluding hydrogens is 284 g/mol. The first-order chi connectivity index (χ1) is 8.99. The molecule has 0 atom stereocenters. The van der Waals surface area contributed by atoms with Crippen molar-refractivity contribution in [1.82, 2.24) is 14.6 Å². The van der Waals surface area contributed by atoms with Crippen molar-refractivity contribution in [2.45, 2.75) is 26.7 Å². The lowest BCUT2D eigenvalue weighted by Gasteiger charge is -2.07. The molecule has 0 saturated heterocycles. The molecular formula is C12H13ClN4OS. The standard InChI is InChI=1S/C12H13ClN4OS/c1-6(2)9-10(19-17-16-9)12(18)15-8-4-7(3)11(13)14-5-8/h4-6H,1-3H3,(H,15,18). The fourth-order valence-corrected chi connectivity index (χ4v) is 2.36. The van der Waals surface area contributed by atoms with Crippen molar-refractivity contribution in [1.29, 1.82) is 0 Å². The molecule has 0 bridgehead atoms. The van der Waals surface area contributed by atoms with Crippen LogP contribution in [0.4, 0.5) is 5.69 Å². The average molecular weight is 297 g/mol. The van der Waals surface area contributed by atoms with Crippen LogP contribution in [0.3, 0.4) is 0 Å². The molecule has 1 amide bonds. The molecule has 2 aromatic heterocycles. The van der Waals surface area contributed by atoms with Crippen molar-refractivity contribution in [3.8, 4) is 0 Å². The Morgan fingerprint density at radius 3 is 2.84 bits per heavy atom. The van der Waals surface area contributed by atoms with Crippen LogP contribution in [0.5, 0.6) is 0 Å². The monoisotopic (exact) mass is 296 g/mol. The van der Waals surface area contributed by atoms with Crippen molar-refractivity contribution >= 4 is 34.7 Å². The maximum atomic E-state index is 12.2. The number of amides is 1. The van der Waals surface area contributed by atoms with Crippen LogP contribution in [0, 0.1) is 6.92 Å². The maximum Gasteiger partial charge on any atom is 0.269 e. The van der Waals surface area contributed by atoms with Gasteiger partial charge in [0, 0.05) is 0 Å². The zero-order chi connectivity index (χ0) is 14.0. The van der Waals surface area contributed by atoms with Crippen LogP contribution in [0.1, 0.15) is 40.7 Å². The lowest BCUT2D eigenvalue weighted by atomic mass is 10.1. The van der Waals surface area contributed by atoms with Crippen molar-refractivity contribution < 1.29 is 4.79 Å². The van der Waals surface area contributed by atoms with Crippen LogP contribution in [-0.4, -0.2) is 20.5 Å². The highest BCUT2D eigenvalue weighted by Crippen LogP contribution is 2.22. The van der Waals surface area contributed by atoms with Gasteiger partial charge in [-0.1, -0.05) is 29.9 Å². The molecule has 5 nitrogen and oxygen atoms in total. The highest BCUT2D eigenvalue weighted by Gasteiger charge is 2.18. The van der Waals surface area contributed by atoms with E-state index < -0.39 is 0 Å². The molecule has 2 aromatic rings. The number of aromatic nitrogens is 3. The van der Waals surface area contributed by atoms with E-state index in [1.807, 2.05) is 20.8 Å². The molecule has 0 saturated carbocycles. The Kier molecular flexibility index (Phi) is 4.11. The number of nitrogens with zero attached hydrogens (tertiary/aromatic N) is 3. The zero-order valence-electron chi connectivity index (χ0n) is 10.8. The molecule has 2 rings (SSSR count). The van der Waals surface area contributed by atoms with Gasteiger partial charge < -0.3 is 5.32 Å². The Hall–Kier alpha value is -1.53. The molecule has 7 heteroatoms. The Morgan fingerprint density at radius 2 is 2.21 bits per heavy atom. The van der Waals surface area contributed by atoms with Gasteiger partial charge in [0.15, 0.2) is 0 Å². The molecule has 19 heavy (non-hydrogen) atoms. The number of pyridine rings is 1. The van der Waals surface area contributed by atoms with Crippen molar-refractivity contribution in [2.24, 2.45) is 0 Å². The Morgan fingerprint density at radius 1 is 1.47 bits per heavy atom. The molecule has 1 N–H and O–H groups in total. The van der Waals surface area contributed by atoms with E-state index in [0.717, 1.165) is 17.1 Å². The topological polar surface area (TPSA) is 67.8 Å². The first-order valence-corrected chi connectivity index (χ1v) is 6.90. The van der Waals surface area contributed by atoms with Crippen LogP contribution in [-0.2, 0) is 0 Å². The van der Waals surface area contributed by atoms with Gasteiger partial charge >= 0.3 is 0 Å². The molecule has 0 unspecified atom stereocenters. The van der Waals surface area contributed by atoms with E-state index in [2.05, 4.69) is 19.9 Å². The minimum Gasteiger partial charge on any atom is -0.320 e. The van der Waals surface area contributed by atoms with Gasteiger partial charge in [-0.3, -0.25) is 4.79 Å². The molecule has 0 aliphatic carbocycles. The average Bonchev–Trinajstić information content (AvgIpc) is 2.83. The summed E-state index contributed by atoms with van der Waals surface area (Å²) in [6.45, 7) is 5.78. The number of carbonyl (C=O) groups excluding carboxylic acids is 1. The third kappa shape index (κ3) is 3.08. The number of nitrogens with one attached hydrogen (secondary N) is 1. The van der Waals surface area contributed by atoms with Gasteiger partial charge in [0.2, 0.25) is 0 Å². The predicted molar refractivity (Wildman–Crippen MR) is 75.9 cm³/mol. The Labute approximate surface area is 120 Å². The van der Waals surface area contributed by atoms with Gasteiger partial charge in [-0.05, 0) is 36.0 Å². The van der Waals surface area contributed by atoms with E-state index in [1.165, 1.54) is 6.20 Å². The van der Waals surface area contributed by atoms with E-state index in [4.69, 9.17) is 11.6 Å². The summed E-state index contributed by atoms with van der Waals surface area (Å²) in [6, 6.07) is 1.77. The predicted octanol–water partition coefficient (Wildman–Crippen LogP) is 3.27. The summed E-state index contributed by atoms with van der Waals surface area (Å²) in [6.07, 6.45) is 1.52. The minimum absolute atomic E-state index is 0.157. The van der Waals surface area contributed by atoms with Gasteiger partial charge in [-0.15, -0.1) is 5.10 Å². The van der Waals surface area contributed by atoms with Gasteiger partial charge in [-0.2, -0.15) is 0 Å². The first-order valence-electron chi connectivity index (χ1n) is 5.74. The van der Waals surface area contributed by atoms with Crippen LogP contribution < -0.4 is 5.32 Å². The molecule has 0 aliphatic rings. The second kappa shape index (κ2) is 5.63. The second-order valence-corrected chi connectivity index (χ2v) is 5.54. The van der Waals surface area contributed by atoms with Crippen molar-refractivity contribution in [3.05, 3.63) is 33.6 Å². The molecule has 0 aromatic carbocycles. The smallest absolute Gasteiger partial charge is 0.269 e. The number of hydrogen-bond donors (Lipinski definition) is 1. The summed E-state index contributed by atoms with van der Waals surface area (Å²) in [5, 5.41) is 7.19. The summed E-state index contributed by atoms with van der Waals surface area (Å²) >= 11 is 6.93. The van der Waals surface area contributed by atoms with E-state index in [1.54, 1.807) is 6.07 Å². The lowest BCUT2D eigenvalue weighted by Crippen LogP contribution is -2.13. The van der Waals surface area contributed by atoms with Crippen LogP contribution in [0.2, 0.25) is 5.15 Å². The number of rotatable bonds is 3. The normalized spacial score (nSPS) is 10.8. The number of anilines is 1. The summed E-state index contributed by atoms with van der Waals surface area (Å²) in [5.41, 5.74) is 2.13.